The van der Waals surface area contributed by atoms with Crippen LogP contribution < -0.4 is 0 Å². The van der Waals surface area contributed by atoms with Gasteiger partial charge >= 0.3 is 0 Å². The van der Waals surface area contributed by atoms with Gasteiger partial charge in [0.05, 0.1) is 0 Å². The van der Waals surface area contributed by atoms with Gasteiger partial charge in [0.15, 0.2) is 0 Å². The zero-order valence-electron chi connectivity index (χ0n) is 15.8. The molecule has 0 saturated heterocycles. The highest BCUT2D eigenvalue weighted by Gasteiger charge is 2.10. The van der Waals surface area contributed by atoms with Gasteiger partial charge in [-0.2, -0.15) is 0 Å². The molecule has 0 amide bonds. The van der Waals surface area contributed by atoms with Crippen LogP contribution in [-0.2, 0) is 0 Å². The van der Waals surface area contributed by atoms with Crippen LogP contribution in [0.1, 0.15) is 26.7 Å². The molecule has 0 aliphatic heterocycles. The Kier molecular flexibility index (Phi) is 6.53. The molecule has 1 aromatic heterocycles. The molecule has 0 radical (unpaired) electrons. The lowest BCUT2D eigenvalue weighted by molar-refractivity contribution is 0.584. The maximum atomic E-state index is 5.78. The fourth-order valence-electron chi connectivity index (χ4n) is 2.47. The molecule has 0 unspecified atom stereocenters. The summed E-state index contributed by atoms with van der Waals surface area (Å²) in [5, 5.41) is 8.28. The molecule has 0 bridgehead atoms. The van der Waals surface area contributed by atoms with Crippen molar-refractivity contribution in [1.82, 2.24) is 10.2 Å². The minimum atomic E-state index is 0.531. The fourth-order valence-corrected chi connectivity index (χ4v) is 2.47. The Bertz CT molecular complexity index is 927. The molecule has 3 nitrogen and oxygen atoms in total. The summed E-state index contributed by atoms with van der Waals surface area (Å²) in [4.78, 5) is 0. The van der Waals surface area contributed by atoms with E-state index in [0.717, 1.165) is 16.7 Å². The van der Waals surface area contributed by atoms with Crippen molar-refractivity contribution in [2.75, 3.05) is 0 Å². The van der Waals surface area contributed by atoms with E-state index in [9.17, 15) is 0 Å². The first-order chi connectivity index (χ1) is 13.3. The Labute approximate surface area is 160 Å². The molecule has 4 aromatic rings. The first kappa shape index (κ1) is 18.6. The summed E-state index contributed by atoms with van der Waals surface area (Å²) in [6, 6.07) is 28.2. The zero-order valence-corrected chi connectivity index (χ0v) is 15.8. The van der Waals surface area contributed by atoms with Crippen LogP contribution in [-0.4, -0.2) is 10.2 Å². The van der Waals surface area contributed by atoms with Gasteiger partial charge in [0.25, 0.3) is 0 Å². The monoisotopic (exact) mass is 356 g/mol. The molecular weight excluding hydrogens is 332 g/mol. The molecule has 0 saturated carbocycles. The summed E-state index contributed by atoms with van der Waals surface area (Å²) in [6.07, 6.45) is 2.64. The topological polar surface area (TPSA) is 38.9 Å². The van der Waals surface area contributed by atoms with Crippen LogP contribution in [0.4, 0.5) is 0 Å². The Morgan fingerprint density at radius 3 is 1.37 bits per heavy atom. The van der Waals surface area contributed by atoms with E-state index in [1.165, 1.54) is 18.4 Å². The average molecular weight is 356 g/mol. The molecule has 0 fully saturated rings. The lowest BCUT2D eigenvalue weighted by Crippen LogP contribution is -1.80. The van der Waals surface area contributed by atoms with E-state index in [1.54, 1.807) is 0 Å². The van der Waals surface area contributed by atoms with E-state index >= 15 is 0 Å². The lowest BCUT2D eigenvalue weighted by Gasteiger charge is -2.02. The lowest BCUT2D eigenvalue weighted by atomic mass is 10.0. The molecule has 0 aliphatic carbocycles. The molecule has 3 heteroatoms. The molecule has 3 aromatic carbocycles. The second-order valence-electron chi connectivity index (χ2n) is 6.22. The Hall–Kier alpha value is -3.20. The van der Waals surface area contributed by atoms with E-state index in [-0.39, 0.29) is 0 Å². The molecule has 1 heterocycles. The Balaban J connectivity index is 0.000000481. The standard InChI is InChI=1S/C20H14N2O.C4H10/c1-3-7-15(8-4-1)16-11-13-18(14-12-16)20-22-21-19(23-20)17-9-5-2-6-10-17;1-3-4-2/h1-14H;3-4H2,1-2H3. The normalized spacial score (nSPS) is 10.1. The second kappa shape index (κ2) is 9.48. The van der Waals surface area contributed by atoms with Gasteiger partial charge in [0, 0.05) is 11.1 Å². The van der Waals surface area contributed by atoms with E-state index in [1.807, 2.05) is 60.7 Å². The summed E-state index contributed by atoms with van der Waals surface area (Å²) in [6.45, 7) is 4.36. The van der Waals surface area contributed by atoms with Crippen LogP contribution in [0.2, 0.25) is 0 Å². The molecule has 0 aliphatic rings. The smallest absolute Gasteiger partial charge is 0.248 e. The Morgan fingerprint density at radius 2 is 0.889 bits per heavy atom. The number of rotatable bonds is 4. The highest BCUT2D eigenvalue weighted by atomic mass is 16.4. The molecule has 0 spiro atoms. The molecular formula is C24H24N2O. The molecule has 0 atom stereocenters. The summed E-state index contributed by atoms with van der Waals surface area (Å²) < 4.78 is 5.78. The van der Waals surface area contributed by atoms with Crippen LogP contribution in [0.5, 0.6) is 0 Å². The first-order valence-electron chi connectivity index (χ1n) is 9.36. The third-order valence-corrected chi connectivity index (χ3v) is 4.18. The van der Waals surface area contributed by atoms with Gasteiger partial charge in [-0.25, -0.2) is 0 Å². The van der Waals surface area contributed by atoms with Crippen LogP contribution in [0.3, 0.4) is 0 Å². The van der Waals surface area contributed by atoms with Crippen LogP contribution in [0.25, 0.3) is 34.0 Å². The van der Waals surface area contributed by atoms with Crippen molar-refractivity contribution in [3.8, 4) is 34.0 Å². The van der Waals surface area contributed by atoms with Gasteiger partial charge in [0.2, 0.25) is 11.8 Å². The largest absolute Gasteiger partial charge is 0.416 e. The molecule has 27 heavy (non-hydrogen) atoms. The van der Waals surface area contributed by atoms with Crippen molar-refractivity contribution in [3.63, 3.8) is 0 Å². The number of unbranched alkanes of at least 4 members (excludes halogenated alkanes) is 1. The highest BCUT2D eigenvalue weighted by molar-refractivity contribution is 5.67. The van der Waals surface area contributed by atoms with Gasteiger partial charge in [-0.15, -0.1) is 10.2 Å². The Morgan fingerprint density at radius 1 is 0.519 bits per heavy atom. The van der Waals surface area contributed by atoms with Crippen molar-refractivity contribution in [3.05, 3.63) is 84.9 Å². The van der Waals surface area contributed by atoms with E-state index in [4.69, 9.17) is 4.42 Å². The van der Waals surface area contributed by atoms with Crippen LogP contribution >= 0.6 is 0 Å². The number of benzene rings is 3. The van der Waals surface area contributed by atoms with Gasteiger partial charge < -0.3 is 4.42 Å². The zero-order chi connectivity index (χ0) is 18.9. The van der Waals surface area contributed by atoms with Crippen molar-refractivity contribution in [2.45, 2.75) is 26.7 Å². The highest BCUT2D eigenvalue weighted by Crippen LogP contribution is 2.26. The first-order valence-corrected chi connectivity index (χ1v) is 9.36. The van der Waals surface area contributed by atoms with Gasteiger partial charge in [-0.05, 0) is 35.4 Å². The van der Waals surface area contributed by atoms with E-state index in [2.05, 4.69) is 48.3 Å². The van der Waals surface area contributed by atoms with Crippen molar-refractivity contribution >= 4 is 0 Å². The summed E-state index contributed by atoms with van der Waals surface area (Å²) >= 11 is 0. The van der Waals surface area contributed by atoms with E-state index < -0.39 is 0 Å². The molecule has 0 N–H and O–H groups in total. The average Bonchev–Trinajstić information content (AvgIpc) is 3.26. The van der Waals surface area contributed by atoms with Gasteiger partial charge in [-0.1, -0.05) is 87.4 Å². The van der Waals surface area contributed by atoms with Crippen LogP contribution in [0, 0.1) is 0 Å². The number of hydrogen-bond acceptors (Lipinski definition) is 3. The maximum absolute atomic E-state index is 5.78. The number of hydrogen-bond donors (Lipinski definition) is 0. The van der Waals surface area contributed by atoms with Gasteiger partial charge in [-0.3, -0.25) is 0 Å². The second-order valence-corrected chi connectivity index (χ2v) is 6.22. The third-order valence-electron chi connectivity index (χ3n) is 4.18. The number of aromatic nitrogens is 2. The minimum absolute atomic E-state index is 0.531. The predicted octanol–water partition coefficient (Wildman–Crippen LogP) is 6.88. The van der Waals surface area contributed by atoms with Gasteiger partial charge in [0.1, 0.15) is 0 Å². The third kappa shape index (κ3) is 4.91. The van der Waals surface area contributed by atoms with Crippen molar-refractivity contribution in [2.24, 2.45) is 0 Å². The number of nitrogens with zero attached hydrogens (tertiary/aromatic N) is 2. The summed E-state index contributed by atoms with van der Waals surface area (Å²) in [5.74, 6) is 1.07. The summed E-state index contributed by atoms with van der Waals surface area (Å²) in [5.41, 5.74) is 4.19. The maximum Gasteiger partial charge on any atom is 0.248 e. The molecule has 136 valence electrons. The minimum Gasteiger partial charge on any atom is -0.416 e. The predicted molar refractivity (Wildman–Crippen MR) is 111 cm³/mol. The van der Waals surface area contributed by atoms with Crippen molar-refractivity contribution in [1.29, 1.82) is 0 Å². The molecule has 4 rings (SSSR count). The fraction of sp³-hybridized carbons (Fsp3) is 0.167. The summed E-state index contributed by atoms with van der Waals surface area (Å²) in [7, 11) is 0. The quantitative estimate of drug-likeness (QED) is 0.400. The van der Waals surface area contributed by atoms with Crippen LogP contribution in [0.15, 0.2) is 89.3 Å². The SMILES string of the molecule is CCCC.c1ccc(-c2ccc(-c3nnc(-c4ccccc4)o3)cc2)cc1. The van der Waals surface area contributed by atoms with Crippen molar-refractivity contribution < 1.29 is 4.42 Å². The van der Waals surface area contributed by atoms with E-state index in [0.29, 0.717) is 11.8 Å².